The van der Waals surface area contributed by atoms with Crippen LogP contribution in [0.5, 0.6) is 11.5 Å². The largest absolute Gasteiger partial charge is 1.00 e. The Bertz CT molecular complexity index is 3580. The fourth-order valence-electron chi connectivity index (χ4n) is 9.28. The third-order valence-corrected chi connectivity index (χ3v) is 14.1. The Balaban J connectivity index is 0.000000252. The van der Waals surface area contributed by atoms with Gasteiger partial charge < -0.3 is 25.1 Å². The number of carbonyl (C=O) groups is 1. The number of imidazole rings is 2. The molecule has 0 unspecified atom stereocenters. The van der Waals surface area contributed by atoms with Crippen LogP contribution in [0.25, 0.3) is 45.0 Å². The van der Waals surface area contributed by atoms with E-state index in [1.165, 1.54) is 0 Å². The van der Waals surface area contributed by atoms with E-state index in [-0.39, 0.29) is 51.2 Å². The summed E-state index contributed by atoms with van der Waals surface area (Å²) in [4.78, 5) is 20.7. The number of rotatable bonds is 22. The quantitative estimate of drug-likeness (QED) is 0.0505. The zero-order valence-corrected chi connectivity index (χ0v) is 49.1. The molecule has 403 valence electrons. The molecule has 4 heterocycles. The van der Waals surface area contributed by atoms with Gasteiger partial charge in [-0.3, -0.25) is 4.79 Å². The van der Waals surface area contributed by atoms with E-state index in [4.69, 9.17) is 32.7 Å². The van der Waals surface area contributed by atoms with Crippen molar-refractivity contribution in [2.24, 2.45) is 0 Å². The number of unbranched alkanes of at least 4 members (excludes halogenated alkanes) is 2. The fraction of sp³-hybridized carbons (Fsp3) is 0.250. The van der Waals surface area contributed by atoms with Crippen molar-refractivity contribution >= 4 is 37.9 Å². The van der Waals surface area contributed by atoms with E-state index in [0.29, 0.717) is 54.4 Å². The van der Waals surface area contributed by atoms with Gasteiger partial charge in [0.25, 0.3) is 0 Å². The Hall–Kier alpha value is -7.25. The van der Waals surface area contributed by atoms with Gasteiger partial charge in [-0.25, -0.2) is 19.3 Å². The Morgan fingerprint density at radius 2 is 0.925 bits per heavy atom. The first-order valence-electron chi connectivity index (χ1n) is 25.9. The van der Waals surface area contributed by atoms with Gasteiger partial charge in [0.2, 0.25) is 0 Å². The van der Waals surface area contributed by atoms with Gasteiger partial charge in [0.15, 0.2) is 28.2 Å². The molecule has 0 amide bonds. The van der Waals surface area contributed by atoms with Crippen LogP contribution in [0, 0.1) is 0 Å². The Labute approximate surface area is 501 Å². The van der Waals surface area contributed by atoms with E-state index in [2.05, 4.69) is 116 Å². The Morgan fingerprint density at radius 1 is 0.537 bits per heavy atom. The van der Waals surface area contributed by atoms with Gasteiger partial charge in [0.1, 0.15) is 28.8 Å². The van der Waals surface area contributed by atoms with Crippen molar-refractivity contribution in [1.29, 1.82) is 0 Å². The molecular formula is C60H61BCl2N12NaO4. The number of nitrogens with zero attached hydrogens (tertiary/aromatic N) is 12. The number of carbonyl (C=O) groups excluding carboxylic acids is 1. The molecule has 0 fully saturated rings. The molecule has 10 aromatic rings. The van der Waals surface area contributed by atoms with E-state index in [9.17, 15) is 9.90 Å². The smallest absolute Gasteiger partial charge is 1.00 e. The summed E-state index contributed by atoms with van der Waals surface area (Å²) in [5, 5.41) is 35.7. The SMILES string of the molecule is CCCCc1nc(Cl)c(C=O)n1Cc1ccc(-c2ccccc2-c2nnnn2Cc2ccc(OC)cc2)cc1.CCCCc1nc(Cl)c(CO)n1Cc1ccc(-c2ccccc2-c2nnnn2Cc2ccc(OC)cc2)cc1.[B].[H-].[Na+]. The number of methoxy groups -OCH3 is 2. The zero-order valence-electron chi connectivity index (χ0n) is 46.6. The van der Waals surface area contributed by atoms with Crippen molar-refractivity contribution < 1.29 is 50.4 Å². The summed E-state index contributed by atoms with van der Waals surface area (Å²) in [5.41, 5.74) is 11.4. The van der Waals surface area contributed by atoms with Crippen molar-refractivity contribution in [2.75, 3.05) is 14.2 Å². The van der Waals surface area contributed by atoms with Crippen LogP contribution in [0.4, 0.5) is 0 Å². The van der Waals surface area contributed by atoms with Crippen LogP contribution in [-0.4, -0.2) is 93.5 Å². The minimum Gasteiger partial charge on any atom is -1.00 e. The summed E-state index contributed by atoms with van der Waals surface area (Å²) >= 11 is 12.6. The van der Waals surface area contributed by atoms with E-state index in [1.54, 1.807) is 18.9 Å². The number of aldehydes is 1. The van der Waals surface area contributed by atoms with Crippen LogP contribution in [0.1, 0.15) is 91.0 Å². The number of ether oxygens (including phenoxy) is 2. The first-order chi connectivity index (χ1) is 38.2. The molecule has 0 bridgehead atoms. The van der Waals surface area contributed by atoms with E-state index in [0.717, 1.165) is 124 Å². The maximum atomic E-state index is 11.7. The summed E-state index contributed by atoms with van der Waals surface area (Å²) in [6, 6.07) is 48.7. The summed E-state index contributed by atoms with van der Waals surface area (Å²) in [5.74, 6) is 4.75. The molecule has 0 atom stereocenters. The number of aryl methyl sites for hydroxylation is 2. The van der Waals surface area contributed by atoms with E-state index >= 15 is 0 Å². The molecule has 0 aliphatic carbocycles. The summed E-state index contributed by atoms with van der Waals surface area (Å²) < 4.78 is 18.1. The standard InChI is InChI=1S/C30H31ClN6O2.C30H29ClN6O2.B.Na.H/c2*1-3-4-9-28-32-29(31)27(20-38)36(28)18-21-10-14-23(15-11-21)25-7-5-6-8-26(25)30-33-34-35-37(30)19-22-12-16-24(39-2)17-13-22;;;/h5-8,10-17,38H,3-4,9,18-20H2,1-2H3;5-8,10-17,20H,3-4,9,18-19H2,1-2H3;;;/q;;;+1;-1. The molecule has 3 radical (unpaired) electrons. The van der Waals surface area contributed by atoms with Gasteiger partial charge in [-0.15, -0.1) is 10.2 Å². The number of tetrazole rings is 2. The topological polar surface area (TPSA) is 179 Å². The van der Waals surface area contributed by atoms with Crippen molar-refractivity contribution in [1.82, 2.24) is 59.5 Å². The monoisotopic (exact) mass is 1120 g/mol. The maximum absolute atomic E-state index is 11.7. The van der Waals surface area contributed by atoms with Gasteiger partial charge >= 0.3 is 29.6 Å². The number of aliphatic hydroxyl groups is 1. The Morgan fingerprint density at radius 3 is 1.34 bits per heavy atom. The molecule has 6 aromatic carbocycles. The van der Waals surface area contributed by atoms with Crippen molar-refractivity contribution in [3.05, 3.63) is 201 Å². The second-order valence-corrected chi connectivity index (χ2v) is 19.3. The molecule has 80 heavy (non-hydrogen) atoms. The molecule has 20 heteroatoms. The van der Waals surface area contributed by atoms with Crippen LogP contribution in [-0.2, 0) is 45.6 Å². The van der Waals surface area contributed by atoms with Crippen LogP contribution in [0.2, 0.25) is 10.3 Å². The van der Waals surface area contributed by atoms with Crippen molar-refractivity contribution in [3.8, 4) is 56.5 Å². The first kappa shape index (κ1) is 60.4. The summed E-state index contributed by atoms with van der Waals surface area (Å²) in [6.07, 6.45) is 6.50. The predicted molar refractivity (Wildman–Crippen MR) is 310 cm³/mol. The van der Waals surface area contributed by atoms with Gasteiger partial charge in [0.05, 0.1) is 39.6 Å². The second-order valence-electron chi connectivity index (χ2n) is 18.6. The minimum absolute atomic E-state index is 0. The second kappa shape index (κ2) is 29.3. The van der Waals surface area contributed by atoms with E-state index < -0.39 is 0 Å². The van der Waals surface area contributed by atoms with Gasteiger partial charge in [-0.05, 0) is 102 Å². The zero-order chi connectivity index (χ0) is 54.4. The van der Waals surface area contributed by atoms with Gasteiger partial charge in [-0.1, -0.05) is 171 Å². The van der Waals surface area contributed by atoms with Crippen molar-refractivity contribution in [2.45, 2.75) is 85.2 Å². The number of aliphatic hydroxyl groups excluding tert-OH is 1. The van der Waals surface area contributed by atoms with Crippen LogP contribution >= 0.6 is 23.2 Å². The first-order valence-corrected chi connectivity index (χ1v) is 26.7. The third-order valence-electron chi connectivity index (χ3n) is 13.5. The normalized spacial score (nSPS) is 10.8. The molecule has 0 aliphatic rings. The Kier molecular flexibility index (Phi) is 22.1. The van der Waals surface area contributed by atoms with Gasteiger partial charge in [0, 0.05) is 45.5 Å². The number of benzene rings is 6. The summed E-state index contributed by atoms with van der Waals surface area (Å²) in [7, 11) is 3.31. The predicted octanol–water partition coefficient (Wildman–Crippen LogP) is 8.65. The number of hydrogen-bond acceptors (Lipinski definition) is 12. The third kappa shape index (κ3) is 14.4. The molecule has 10 rings (SSSR count). The molecule has 0 aliphatic heterocycles. The number of hydrogen-bond donors (Lipinski definition) is 1. The molecule has 16 nitrogen and oxygen atoms in total. The fourth-order valence-corrected chi connectivity index (χ4v) is 9.79. The summed E-state index contributed by atoms with van der Waals surface area (Å²) in [6.45, 7) is 6.33. The molecule has 0 spiro atoms. The average Bonchev–Trinajstić information content (AvgIpc) is 4.35. The maximum Gasteiger partial charge on any atom is 1.00 e. The number of aromatic nitrogens is 12. The molecule has 4 aromatic heterocycles. The van der Waals surface area contributed by atoms with Crippen LogP contribution in [0.3, 0.4) is 0 Å². The minimum atomic E-state index is -0.144. The van der Waals surface area contributed by atoms with Gasteiger partial charge in [-0.2, -0.15) is 0 Å². The number of halogens is 2. The molecule has 1 N–H and O–H groups in total. The molecule has 0 saturated carbocycles. The van der Waals surface area contributed by atoms with Crippen molar-refractivity contribution in [3.63, 3.8) is 0 Å². The van der Waals surface area contributed by atoms with Crippen LogP contribution < -0.4 is 39.0 Å². The van der Waals surface area contributed by atoms with E-state index in [1.807, 2.05) is 98.7 Å². The molecular weight excluding hydrogens is 1060 g/mol. The average molecular weight is 1120 g/mol. The van der Waals surface area contributed by atoms with Crippen LogP contribution in [0.15, 0.2) is 146 Å². The molecule has 0 saturated heterocycles.